The van der Waals surface area contributed by atoms with E-state index in [1.807, 2.05) is 17.5 Å². The number of nitrogens with zero attached hydrogens (tertiary/aromatic N) is 3. The number of fused-ring (bicyclic) bond motifs is 1. The Kier molecular flexibility index (Phi) is 6.83. The number of allylic oxidation sites excluding steroid dienone is 1. The van der Waals surface area contributed by atoms with Gasteiger partial charge in [0.2, 0.25) is 0 Å². The molecule has 0 N–H and O–H groups in total. The number of rotatable bonds is 7. The lowest BCUT2D eigenvalue weighted by molar-refractivity contribution is -0.384. The van der Waals surface area contributed by atoms with Crippen molar-refractivity contribution in [3.8, 4) is 17.1 Å². The summed E-state index contributed by atoms with van der Waals surface area (Å²) >= 11 is 2.60. The number of ether oxygens (including phenoxy) is 2. The van der Waals surface area contributed by atoms with Gasteiger partial charge in [0.25, 0.3) is 11.2 Å². The summed E-state index contributed by atoms with van der Waals surface area (Å²) in [6.45, 7) is 3.65. The van der Waals surface area contributed by atoms with E-state index in [-0.39, 0.29) is 29.2 Å². The smallest absolute Gasteiger partial charge is 0.338 e. The maximum Gasteiger partial charge on any atom is 0.338 e. The minimum atomic E-state index is -0.665. The summed E-state index contributed by atoms with van der Waals surface area (Å²) in [6, 6.07) is 10.8. The van der Waals surface area contributed by atoms with Crippen LogP contribution in [0.4, 0.5) is 5.69 Å². The molecule has 4 aromatic rings. The molecule has 12 heteroatoms. The van der Waals surface area contributed by atoms with Crippen LogP contribution in [0.15, 0.2) is 73.3 Å². The fourth-order valence-electron chi connectivity index (χ4n) is 4.21. The van der Waals surface area contributed by atoms with Gasteiger partial charge in [-0.15, -0.1) is 11.3 Å². The summed E-state index contributed by atoms with van der Waals surface area (Å²) in [5.41, 5.74) is 0.587. The molecule has 4 heterocycles. The van der Waals surface area contributed by atoms with E-state index in [9.17, 15) is 19.7 Å². The van der Waals surface area contributed by atoms with Crippen molar-refractivity contribution < 1.29 is 23.6 Å². The highest BCUT2D eigenvalue weighted by Crippen LogP contribution is 2.35. The molecule has 0 saturated carbocycles. The fourth-order valence-corrected chi connectivity index (χ4v) is 6.06. The summed E-state index contributed by atoms with van der Waals surface area (Å²) in [4.78, 5) is 43.4. The van der Waals surface area contributed by atoms with Crippen molar-refractivity contribution in [3.63, 3.8) is 0 Å². The third-order valence-corrected chi connectivity index (χ3v) is 7.80. The first-order valence-electron chi connectivity index (χ1n) is 11.5. The van der Waals surface area contributed by atoms with E-state index in [0.29, 0.717) is 32.1 Å². The van der Waals surface area contributed by atoms with Gasteiger partial charge in [-0.3, -0.25) is 19.5 Å². The lowest BCUT2D eigenvalue weighted by Gasteiger charge is -2.23. The lowest BCUT2D eigenvalue weighted by Crippen LogP contribution is -2.39. The number of thiophene rings is 1. The van der Waals surface area contributed by atoms with Crippen LogP contribution in [0, 0.1) is 10.1 Å². The molecule has 0 amide bonds. The number of nitro benzene ring substituents is 1. The van der Waals surface area contributed by atoms with Crippen LogP contribution in [0.2, 0.25) is 0 Å². The summed E-state index contributed by atoms with van der Waals surface area (Å²) < 4.78 is 18.1. The Balaban J connectivity index is 1.60. The molecule has 0 radical (unpaired) electrons. The average Bonchev–Trinajstić information content (AvgIpc) is 3.65. The van der Waals surface area contributed by atoms with Gasteiger partial charge in [0.05, 0.1) is 46.1 Å². The van der Waals surface area contributed by atoms with Crippen LogP contribution in [-0.2, 0) is 9.53 Å². The Morgan fingerprint density at radius 3 is 2.79 bits per heavy atom. The number of carbonyl (C=O) groups excluding carboxylic acids is 1. The van der Waals surface area contributed by atoms with Crippen molar-refractivity contribution in [2.24, 2.45) is 4.99 Å². The number of benzene rings is 1. The van der Waals surface area contributed by atoms with Gasteiger partial charge in [0, 0.05) is 11.0 Å². The quantitative estimate of drug-likeness (QED) is 0.193. The van der Waals surface area contributed by atoms with Crippen molar-refractivity contribution in [3.05, 3.63) is 99.6 Å². The van der Waals surface area contributed by atoms with Crippen molar-refractivity contribution in [1.82, 2.24) is 4.57 Å². The van der Waals surface area contributed by atoms with E-state index in [0.717, 1.165) is 4.88 Å². The minimum absolute atomic E-state index is 0.164. The van der Waals surface area contributed by atoms with Gasteiger partial charge in [-0.1, -0.05) is 17.4 Å². The molecule has 0 unspecified atom stereocenters. The number of esters is 1. The molecule has 5 rings (SSSR count). The molecule has 1 atom stereocenters. The number of furan rings is 1. The summed E-state index contributed by atoms with van der Waals surface area (Å²) in [5.74, 6) is 0.448. The number of aromatic nitrogens is 1. The molecular formula is C26H21N3O7S2. The molecule has 1 aliphatic heterocycles. The predicted octanol–water partition coefficient (Wildman–Crippen LogP) is 4.04. The third-order valence-electron chi connectivity index (χ3n) is 5.90. The van der Waals surface area contributed by atoms with Crippen LogP contribution in [0.3, 0.4) is 0 Å². The highest BCUT2D eigenvalue weighted by Gasteiger charge is 2.34. The normalized spacial score (nSPS) is 15.2. The van der Waals surface area contributed by atoms with Crippen LogP contribution in [0.5, 0.6) is 5.75 Å². The topological polar surface area (TPSA) is 126 Å². The largest absolute Gasteiger partial charge is 0.497 e. The molecule has 194 valence electrons. The fraction of sp³-hybridized carbons (Fsp3) is 0.192. The summed E-state index contributed by atoms with van der Waals surface area (Å²) in [6.07, 6.45) is 1.57. The highest BCUT2D eigenvalue weighted by molar-refractivity contribution is 7.10. The second-order valence-corrected chi connectivity index (χ2v) is 10.1. The van der Waals surface area contributed by atoms with E-state index in [4.69, 9.17) is 13.9 Å². The molecule has 38 heavy (non-hydrogen) atoms. The monoisotopic (exact) mass is 551 g/mol. The number of carbonyl (C=O) groups is 1. The van der Waals surface area contributed by atoms with E-state index in [2.05, 4.69) is 4.99 Å². The Labute approximate surface area is 223 Å². The maximum atomic E-state index is 13.6. The van der Waals surface area contributed by atoms with Gasteiger partial charge in [-0.2, -0.15) is 0 Å². The first kappa shape index (κ1) is 25.4. The molecule has 0 bridgehead atoms. The zero-order valence-corrected chi connectivity index (χ0v) is 22.1. The maximum absolute atomic E-state index is 13.6. The standard InChI is InChI=1S/C26H21N3O7S2/c1-4-35-25(31)22-14(2)27-26-28(23(22)20-6-5-11-37-20)24(30)21(38-26)13-16-8-10-19(36-16)17-9-7-15(34-3)12-18(17)29(32)33/h5-13,23H,4H2,1-3H3/b21-13+/t23-/m0/s1. The van der Waals surface area contributed by atoms with Gasteiger partial charge in [0.15, 0.2) is 4.80 Å². The van der Waals surface area contributed by atoms with Crippen LogP contribution >= 0.6 is 22.7 Å². The Bertz CT molecular complexity index is 1760. The molecular weight excluding hydrogens is 530 g/mol. The molecule has 0 spiro atoms. The Hall–Kier alpha value is -4.29. The van der Waals surface area contributed by atoms with Gasteiger partial charge in [-0.25, -0.2) is 9.79 Å². The van der Waals surface area contributed by atoms with Crippen molar-refractivity contribution in [2.75, 3.05) is 13.7 Å². The number of hydrogen-bond donors (Lipinski definition) is 0. The number of hydrogen-bond acceptors (Lipinski definition) is 10. The number of nitro groups is 1. The Morgan fingerprint density at radius 1 is 1.29 bits per heavy atom. The van der Waals surface area contributed by atoms with E-state index in [1.54, 1.807) is 44.2 Å². The first-order valence-corrected chi connectivity index (χ1v) is 13.2. The first-order chi connectivity index (χ1) is 18.3. The molecule has 0 aliphatic carbocycles. The molecule has 10 nitrogen and oxygen atoms in total. The second kappa shape index (κ2) is 10.2. The minimum Gasteiger partial charge on any atom is -0.497 e. The lowest BCUT2D eigenvalue weighted by atomic mass is 10.0. The van der Waals surface area contributed by atoms with E-state index >= 15 is 0 Å². The summed E-state index contributed by atoms with van der Waals surface area (Å²) in [5, 5.41) is 13.5. The summed E-state index contributed by atoms with van der Waals surface area (Å²) in [7, 11) is 1.43. The van der Waals surface area contributed by atoms with E-state index < -0.39 is 16.9 Å². The van der Waals surface area contributed by atoms with Crippen LogP contribution in [-0.4, -0.2) is 29.2 Å². The third kappa shape index (κ3) is 4.48. The molecule has 0 fully saturated rings. The number of methoxy groups -OCH3 is 1. The second-order valence-electron chi connectivity index (χ2n) is 8.16. The van der Waals surface area contributed by atoms with Crippen molar-refractivity contribution in [1.29, 1.82) is 0 Å². The van der Waals surface area contributed by atoms with Crippen LogP contribution < -0.4 is 19.6 Å². The SMILES string of the molecule is CCOC(=O)C1=C(C)N=c2s/c(=C/c3ccc(-c4ccc(OC)cc4[N+](=O)[O-])o3)c(=O)n2[C@H]1c1cccs1. The average molecular weight is 552 g/mol. The van der Waals surface area contributed by atoms with Crippen molar-refractivity contribution in [2.45, 2.75) is 19.9 Å². The van der Waals surface area contributed by atoms with Crippen LogP contribution in [0.25, 0.3) is 17.4 Å². The van der Waals surface area contributed by atoms with Crippen LogP contribution in [0.1, 0.15) is 30.5 Å². The molecule has 1 aliphatic rings. The van der Waals surface area contributed by atoms with Gasteiger partial charge < -0.3 is 13.9 Å². The predicted molar refractivity (Wildman–Crippen MR) is 142 cm³/mol. The van der Waals surface area contributed by atoms with Gasteiger partial charge >= 0.3 is 5.97 Å². The Morgan fingerprint density at radius 2 is 2.11 bits per heavy atom. The zero-order chi connectivity index (χ0) is 27.0. The highest BCUT2D eigenvalue weighted by atomic mass is 32.1. The molecule has 3 aromatic heterocycles. The molecule has 1 aromatic carbocycles. The van der Waals surface area contributed by atoms with E-state index in [1.165, 1.54) is 40.4 Å². The van der Waals surface area contributed by atoms with Gasteiger partial charge in [0.1, 0.15) is 23.3 Å². The van der Waals surface area contributed by atoms with Crippen molar-refractivity contribution >= 4 is 40.4 Å². The molecule has 0 saturated heterocycles. The number of thiazole rings is 1. The van der Waals surface area contributed by atoms with Gasteiger partial charge in [-0.05, 0) is 49.6 Å². The zero-order valence-electron chi connectivity index (χ0n) is 20.5.